The fourth-order valence-electron chi connectivity index (χ4n) is 0.868. The van der Waals surface area contributed by atoms with Gasteiger partial charge < -0.3 is 0 Å². The molecule has 0 bridgehead atoms. The van der Waals surface area contributed by atoms with Crippen molar-refractivity contribution in [2.45, 2.75) is 0 Å². The highest BCUT2D eigenvalue weighted by Gasteiger charge is 2.11. The first-order chi connectivity index (χ1) is 4.88. The van der Waals surface area contributed by atoms with Crippen LogP contribution in [0.3, 0.4) is 0 Å². The molecule has 1 aromatic heterocycles. The standard InChI is InChI=1S/C6H5BrN2S/c7-9-3-2-8-5-1-4-10-6(5)9/h1-2,4H,3H2. The van der Waals surface area contributed by atoms with E-state index in [-0.39, 0.29) is 0 Å². The van der Waals surface area contributed by atoms with Crippen molar-refractivity contribution in [3.05, 3.63) is 11.4 Å². The smallest absolute Gasteiger partial charge is 0.127 e. The van der Waals surface area contributed by atoms with Crippen LogP contribution < -0.4 is 3.93 Å². The second-order valence-corrected chi connectivity index (χ2v) is 3.72. The second-order valence-electron chi connectivity index (χ2n) is 1.97. The number of hydrogen-bond donors (Lipinski definition) is 0. The van der Waals surface area contributed by atoms with Crippen LogP contribution >= 0.6 is 27.5 Å². The molecule has 52 valence electrons. The summed E-state index contributed by atoms with van der Waals surface area (Å²) in [6.45, 7) is 0.855. The van der Waals surface area contributed by atoms with Crippen molar-refractivity contribution in [2.24, 2.45) is 4.99 Å². The maximum atomic E-state index is 4.22. The Hall–Kier alpha value is -0.350. The Morgan fingerprint density at radius 3 is 3.40 bits per heavy atom. The molecule has 0 N–H and O–H groups in total. The van der Waals surface area contributed by atoms with Crippen molar-refractivity contribution in [2.75, 3.05) is 10.5 Å². The van der Waals surface area contributed by atoms with Gasteiger partial charge in [-0.1, -0.05) is 0 Å². The first-order valence-electron chi connectivity index (χ1n) is 2.91. The minimum atomic E-state index is 0.855. The molecule has 0 unspecified atom stereocenters. The van der Waals surface area contributed by atoms with E-state index >= 15 is 0 Å². The van der Waals surface area contributed by atoms with Crippen molar-refractivity contribution < 1.29 is 0 Å². The average molecular weight is 217 g/mol. The average Bonchev–Trinajstić information content (AvgIpc) is 2.36. The fourth-order valence-corrected chi connectivity index (χ4v) is 2.19. The molecule has 2 heterocycles. The van der Waals surface area contributed by atoms with Crippen LogP contribution in [0.5, 0.6) is 0 Å². The van der Waals surface area contributed by atoms with Crippen molar-refractivity contribution >= 4 is 44.4 Å². The molecule has 0 fully saturated rings. The van der Waals surface area contributed by atoms with Gasteiger partial charge in [-0.3, -0.25) is 8.92 Å². The van der Waals surface area contributed by atoms with Crippen LogP contribution in [0, 0.1) is 0 Å². The summed E-state index contributed by atoms with van der Waals surface area (Å²) in [5.41, 5.74) is 1.06. The lowest BCUT2D eigenvalue weighted by molar-refractivity contribution is 1.28. The zero-order valence-electron chi connectivity index (χ0n) is 5.12. The number of anilines is 1. The first-order valence-corrected chi connectivity index (χ1v) is 4.50. The molecule has 0 saturated carbocycles. The Balaban J connectivity index is 2.52. The van der Waals surface area contributed by atoms with Crippen molar-refractivity contribution in [1.29, 1.82) is 0 Å². The van der Waals surface area contributed by atoms with Gasteiger partial charge in [-0.2, -0.15) is 0 Å². The maximum Gasteiger partial charge on any atom is 0.127 e. The summed E-state index contributed by atoms with van der Waals surface area (Å²) in [5.74, 6) is 0. The maximum absolute atomic E-state index is 4.22. The van der Waals surface area contributed by atoms with Crippen LogP contribution in [0.1, 0.15) is 0 Å². The van der Waals surface area contributed by atoms with E-state index in [4.69, 9.17) is 0 Å². The van der Waals surface area contributed by atoms with Gasteiger partial charge in [0.05, 0.1) is 28.4 Å². The van der Waals surface area contributed by atoms with Crippen LogP contribution in [0.4, 0.5) is 10.7 Å². The van der Waals surface area contributed by atoms with Gasteiger partial charge in [0.1, 0.15) is 5.00 Å². The quantitative estimate of drug-likeness (QED) is 0.610. The van der Waals surface area contributed by atoms with Crippen molar-refractivity contribution in [3.63, 3.8) is 0 Å². The molecule has 1 aliphatic heterocycles. The highest BCUT2D eigenvalue weighted by Crippen LogP contribution is 2.37. The minimum Gasteiger partial charge on any atom is -0.293 e. The summed E-state index contributed by atoms with van der Waals surface area (Å²) >= 11 is 5.12. The number of aliphatic imine (C=N–C) groups is 1. The molecular weight excluding hydrogens is 212 g/mol. The fraction of sp³-hybridized carbons (Fsp3) is 0.167. The first kappa shape index (κ1) is 6.37. The van der Waals surface area contributed by atoms with Gasteiger partial charge in [0.2, 0.25) is 0 Å². The summed E-state index contributed by atoms with van der Waals surface area (Å²) in [7, 11) is 0. The highest BCUT2D eigenvalue weighted by atomic mass is 79.9. The number of halogens is 1. The Morgan fingerprint density at radius 1 is 1.70 bits per heavy atom. The molecule has 0 aromatic carbocycles. The molecule has 10 heavy (non-hydrogen) atoms. The summed E-state index contributed by atoms with van der Waals surface area (Å²) in [4.78, 5) is 4.22. The van der Waals surface area contributed by atoms with E-state index in [9.17, 15) is 0 Å². The van der Waals surface area contributed by atoms with E-state index < -0.39 is 0 Å². The molecular formula is C6H5BrN2S. The van der Waals surface area contributed by atoms with Gasteiger partial charge in [-0.05, 0) is 11.4 Å². The van der Waals surface area contributed by atoms with E-state index in [0.717, 1.165) is 12.2 Å². The summed E-state index contributed by atoms with van der Waals surface area (Å²) < 4.78 is 2.01. The predicted molar refractivity (Wildman–Crippen MR) is 48.7 cm³/mol. The Bertz CT molecular complexity index is 268. The molecule has 2 nitrogen and oxygen atoms in total. The Labute approximate surface area is 71.5 Å². The monoisotopic (exact) mass is 216 g/mol. The third-order valence-electron chi connectivity index (χ3n) is 1.32. The van der Waals surface area contributed by atoms with Crippen LogP contribution in [0.2, 0.25) is 0 Å². The normalized spacial score (nSPS) is 15.5. The predicted octanol–water partition coefficient (Wildman–Crippen LogP) is 2.58. The van der Waals surface area contributed by atoms with E-state index in [2.05, 4.69) is 21.1 Å². The summed E-state index contributed by atoms with van der Waals surface area (Å²) in [5, 5.41) is 3.24. The van der Waals surface area contributed by atoms with Crippen LogP contribution in [-0.2, 0) is 0 Å². The number of nitrogens with zero attached hydrogens (tertiary/aromatic N) is 2. The molecule has 0 spiro atoms. The lowest BCUT2D eigenvalue weighted by Crippen LogP contribution is -2.13. The van der Waals surface area contributed by atoms with Gasteiger partial charge in [0.15, 0.2) is 0 Å². The molecule has 0 atom stereocenters. The van der Waals surface area contributed by atoms with Gasteiger partial charge in [0.25, 0.3) is 0 Å². The van der Waals surface area contributed by atoms with E-state index in [1.54, 1.807) is 11.3 Å². The number of rotatable bonds is 0. The highest BCUT2D eigenvalue weighted by molar-refractivity contribution is 9.10. The van der Waals surface area contributed by atoms with Crippen molar-refractivity contribution in [1.82, 2.24) is 0 Å². The molecule has 2 rings (SSSR count). The summed E-state index contributed by atoms with van der Waals surface area (Å²) in [6, 6.07) is 2.02. The molecule has 1 aromatic rings. The molecule has 0 aliphatic carbocycles. The molecule has 0 saturated heterocycles. The van der Waals surface area contributed by atoms with Crippen LogP contribution in [0.25, 0.3) is 0 Å². The lowest BCUT2D eigenvalue weighted by Gasteiger charge is -2.15. The van der Waals surface area contributed by atoms with E-state index in [0.29, 0.717) is 0 Å². The minimum absolute atomic E-state index is 0.855. The zero-order valence-corrected chi connectivity index (χ0v) is 7.52. The SMILES string of the molecule is BrN1CC=Nc2ccsc21. The molecule has 4 heteroatoms. The molecule has 0 amide bonds. The lowest BCUT2D eigenvalue weighted by atomic mass is 10.4. The van der Waals surface area contributed by atoms with Gasteiger partial charge >= 0.3 is 0 Å². The third kappa shape index (κ3) is 0.876. The number of thiophene rings is 1. The Morgan fingerprint density at radius 2 is 2.60 bits per heavy atom. The van der Waals surface area contributed by atoms with E-state index in [1.807, 2.05) is 21.6 Å². The van der Waals surface area contributed by atoms with Crippen LogP contribution in [0.15, 0.2) is 16.4 Å². The second kappa shape index (κ2) is 2.36. The number of fused-ring (bicyclic) bond motifs is 1. The Kier molecular flexibility index (Phi) is 1.50. The van der Waals surface area contributed by atoms with E-state index in [1.165, 1.54) is 5.00 Å². The van der Waals surface area contributed by atoms with Crippen LogP contribution in [-0.4, -0.2) is 12.8 Å². The molecule has 0 radical (unpaired) electrons. The topological polar surface area (TPSA) is 15.6 Å². The van der Waals surface area contributed by atoms with Gasteiger partial charge in [0, 0.05) is 6.21 Å². The van der Waals surface area contributed by atoms with Gasteiger partial charge in [-0.15, -0.1) is 11.3 Å². The van der Waals surface area contributed by atoms with Gasteiger partial charge in [-0.25, -0.2) is 0 Å². The number of hydrogen-bond acceptors (Lipinski definition) is 3. The molecule has 1 aliphatic rings. The largest absolute Gasteiger partial charge is 0.293 e. The summed E-state index contributed by atoms with van der Waals surface area (Å²) in [6.07, 6.45) is 1.89. The van der Waals surface area contributed by atoms with Crippen molar-refractivity contribution in [3.8, 4) is 0 Å². The third-order valence-corrected chi connectivity index (χ3v) is 3.12. The zero-order chi connectivity index (χ0) is 6.97.